The molecule has 0 aromatic heterocycles. The molecule has 1 aliphatic rings. The Hall–Kier alpha value is -0.540. The zero-order valence-corrected chi connectivity index (χ0v) is 10.6. The molecule has 0 atom stereocenters. The Labute approximate surface area is 99.6 Å². The summed E-state index contributed by atoms with van der Waals surface area (Å²) >= 11 is 3.49. The summed E-state index contributed by atoms with van der Waals surface area (Å²) in [6, 6.07) is 8.87. The minimum absolute atomic E-state index is 0.450. The predicted molar refractivity (Wildman–Crippen MR) is 68.1 cm³/mol. The van der Waals surface area contributed by atoms with Crippen LogP contribution in [0.4, 0.5) is 5.69 Å². The van der Waals surface area contributed by atoms with E-state index < -0.39 is 0 Å². The van der Waals surface area contributed by atoms with Crippen LogP contribution in [0.2, 0.25) is 0 Å². The molecule has 3 heteroatoms. The number of nitrogens with two attached hydrogens (primary N) is 1. The van der Waals surface area contributed by atoms with Crippen LogP contribution in [-0.2, 0) is 0 Å². The number of anilines is 1. The first-order valence-corrected chi connectivity index (χ1v) is 6.16. The van der Waals surface area contributed by atoms with Crippen LogP contribution in [0.15, 0.2) is 28.7 Å². The second-order valence-electron chi connectivity index (χ2n) is 4.46. The fraction of sp³-hybridized carbons (Fsp3) is 0.500. The SMILES string of the molecule is CN(CC1CC(N)C1)c1cccc(Br)c1. The monoisotopic (exact) mass is 268 g/mol. The van der Waals surface area contributed by atoms with Crippen molar-refractivity contribution < 1.29 is 0 Å². The highest BCUT2D eigenvalue weighted by molar-refractivity contribution is 9.10. The fourth-order valence-electron chi connectivity index (χ4n) is 2.14. The molecule has 82 valence electrons. The molecule has 2 nitrogen and oxygen atoms in total. The Balaban J connectivity index is 1.93. The van der Waals surface area contributed by atoms with Gasteiger partial charge in [-0.3, -0.25) is 0 Å². The van der Waals surface area contributed by atoms with Gasteiger partial charge in [-0.25, -0.2) is 0 Å². The van der Waals surface area contributed by atoms with Crippen LogP contribution in [0.5, 0.6) is 0 Å². The van der Waals surface area contributed by atoms with Crippen molar-refractivity contribution in [2.75, 3.05) is 18.5 Å². The van der Waals surface area contributed by atoms with Crippen molar-refractivity contribution in [3.8, 4) is 0 Å². The Kier molecular flexibility index (Phi) is 3.32. The Morgan fingerprint density at radius 2 is 2.20 bits per heavy atom. The molecule has 0 saturated heterocycles. The summed E-state index contributed by atoms with van der Waals surface area (Å²) in [5.41, 5.74) is 7.05. The molecule has 0 unspecified atom stereocenters. The molecule has 0 aliphatic heterocycles. The van der Waals surface area contributed by atoms with Crippen LogP contribution < -0.4 is 10.6 Å². The van der Waals surface area contributed by atoms with Gasteiger partial charge in [-0.15, -0.1) is 0 Å². The molecule has 1 aliphatic carbocycles. The van der Waals surface area contributed by atoms with Gasteiger partial charge in [0.25, 0.3) is 0 Å². The number of benzene rings is 1. The summed E-state index contributed by atoms with van der Waals surface area (Å²) in [5.74, 6) is 0.781. The van der Waals surface area contributed by atoms with Gasteiger partial charge in [-0.2, -0.15) is 0 Å². The van der Waals surface area contributed by atoms with E-state index in [1.54, 1.807) is 0 Å². The fourth-order valence-corrected chi connectivity index (χ4v) is 2.53. The first kappa shape index (κ1) is 11.0. The summed E-state index contributed by atoms with van der Waals surface area (Å²) in [4.78, 5) is 2.31. The summed E-state index contributed by atoms with van der Waals surface area (Å²) in [6.07, 6.45) is 2.36. The average molecular weight is 269 g/mol. The second-order valence-corrected chi connectivity index (χ2v) is 5.37. The first-order chi connectivity index (χ1) is 7.15. The van der Waals surface area contributed by atoms with E-state index in [4.69, 9.17) is 5.73 Å². The molecule has 1 fully saturated rings. The third kappa shape index (κ3) is 2.73. The maximum atomic E-state index is 5.78. The predicted octanol–water partition coefficient (Wildman–Crippen LogP) is 2.62. The molecule has 2 rings (SSSR count). The Morgan fingerprint density at radius 1 is 1.47 bits per heavy atom. The van der Waals surface area contributed by atoms with Crippen LogP contribution in [-0.4, -0.2) is 19.6 Å². The third-order valence-electron chi connectivity index (χ3n) is 3.05. The number of hydrogen-bond acceptors (Lipinski definition) is 2. The smallest absolute Gasteiger partial charge is 0.0375 e. The molecule has 0 amide bonds. The highest BCUT2D eigenvalue weighted by atomic mass is 79.9. The number of nitrogens with zero attached hydrogens (tertiary/aromatic N) is 1. The van der Waals surface area contributed by atoms with E-state index in [0.29, 0.717) is 6.04 Å². The molecule has 0 radical (unpaired) electrons. The zero-order chi connectivity index (χ0) is 10.8. The van der Waals surface area contributed by atoms with Crippen molar-refractivity contribution in [1.82, 2.24) is 0 Å². The van der Waals surface area contributed by atoms with Crippen molar-refractivity contribution in [2.45, 2.75) is 18.9 Å². The normalized spacial score (nSPS) is 24.7. The minimum atomic E-state index is 0.450. The number of rotatable bonds is 3. The van der Waals surface area contributed by atoms with E-state index in [9.17, 15) is 0 Å². The molecule has 15 heavy (non-hydrogen) atoms. The van der Waals surface area contributed by atoms with Crippen molar-refractivity contribution >= 4 is 21.6 Å². The van der Waals surface area contributed by atoms with Crippen LogP contribution >= 0.6 is 15.9 Å². The molecule has 1 aromatic rings. The van der Waals surface area contributed by atoms with Gasteiger partial charge in [-0.05, 0) is 37.0 Å². The summed E-state index contributed by atoms with van der Waals surface area (Å²) in [6.45, 7) is 1.12. The highest BCUT2D eigenvalue weighted by Crippen LogP contribution is 2.28. The molecular weight excluding hydrogens is 252 g/mol. The highest BCUT2D eigenvalue weighted by Gasteiger charge is 2.26. The van der Waals surface area contributed by atoms with Crippen molar-refractivity contribution in [2.24, 2.45) is 11.7 Å². The Bertz CT molecular complexity index is 334. The summed E-state index contributed by atoms with van der Waals surface area (Å²) < 4.78 is 1.14. The standard InChI is InChI=1S/C12H17BrN2/c1-15(8-9-5-11(14)6-9)12-4-2-3-10(13)7-12/h2-4,7,9,11H,5-6,8,14H2,1H3. The summed E-state index contributed by atoms with van der Waals surface area (Å²) in [5, 5.41) is 0. The molecule has 0 heterocycles. The summed E-state index contributed by atoms with van der Waals surface area (Å²) in [7, 11) is 2.14. The maximum absolute atomic E-state index is 5.78. The maximum Gasteiger partial charge on any atom is 0.0375 e. The largest absolute Gasteiger partial charge is 0.374 e. The van der Waals surface area contributed by atoms with Gasteiger partial charge in [-0.1, -0.05) is 22.0 Å². The zero-order valence-electron chi connectivity index (χ0n) is 8.99. The molecule has 0 bridgehead atoms. The number of hydrogen-bond donors (Lipinski definition) is 1. The lowest BCUT2D eigenvalue weighted by Crippen LogP contribution is -2.41. The van der Waals surface area contributed by atoms with Gasteiger partial charge in [0.15, 0.2) is 0 Å². The molecular formula is C12H17BrN2. The van der Waals surface area contributed by atoms with Crippen molar-refractivity contribution in [3.05, 3.63) is 28.7 Å². The van der Waals surface area contributed by atoms with E-state index in [-0.39, 0.29) is 0 Å². The van der Waals surface area contributed by atoms with Crippen LogP contribution in [0, 0.1) is 5.92 Å². The van der Waals surface area contributed by atoms with Crippen LogP contribution in [0.1, 0.15) is 12.8 Å². The minimum Gasteiger partial charge on any atom is -0.374 e. The van der Waals surface area contributed by atoms with Gasteiger partial charge < -0.3 is 10.6 Å². The quantitative estimate of drug-likeness (QED) is 0.914. The van der Waals surface area contributed by atoms with E-state index in [1.807, 2.05) is 0 Å². The van der Waals surface area contributed by atoms with Gasteiger partial charge >= 0.3 is 0 Å². The van der Waals surface area contributed by atoms with Gasteiger partial charge in [0, 0.05) is 29.8 Å². The lowest BCUT2D eigenvalue weighted by atomic mass is 9.80. The first-order valence-electron chi connectivity index (χ1n) is 5.37. The van der Waals surface area contributed by atoms with Gasteiger partial charge in [0.2, 0.25) is 0 Å². The third-order valence-corrected chi connectivity index (χ3v) is 3.55. The number of halogens is 1. The van der Waals surface area contributed by atoms with Crippen LogP contribution in [0.25, 0.3) is 0 Å². The van der Waals surface area contributed by atoms with E-state index in [0.717, 1.165) is 16.9 Å². The molecule has 1 saturated carbocycles. The second kappa shape index (κ2) is 4.54. The van der Waals surface area contributed by atoms with E-state index in [2.05, 4.69) is 52.1 Å². The molecule has 2 N–H and O–H groups in total. The Morgan fingerprint density at radius 3 is 2.80 bits per heavy atom. The van der Waals surface area contributed by atoms with Gasteiger partial charge in [0.05, 0.1) is 0 Å². The topological polar surface area (TPSA) is 29.3 Å². The average Bonchev–Trinajstić information content (AvgIpc) is 2.15. The molecule has 1 aromatic carbocycles. The van der Waals surface area contributed by atoms with E-state index >= 15 is 0 Å². The lowest BCUT2D eigenvalue weighted by molar-refractivity contribution is 0.271. The van der Waals surface area contributed by atoms with Crippen molar-refractivity contribution in [3.63, 3.8) is 0 Å². The van der Waals surface area contributed by atoms with Crippen molar-refractivity contribution in [1.29, 1.82) is 0 Å². The van der Waals surface area contributed by atoms with Gasteiger partial charge in [0.1, 0.15) is 0 Å². The lowest BCUT2D eigenvalue weighted by Gasteiger charge is -2.36. The molecule has 0 spiro atoms. The van der Waals surface area contributed by atoms with Crippen LogP contribution in [0.3, 0.4) is 0 Å². The van der Waals surface area contributed by atoms with E-state index in [1.165, 1.54) is 18.5 Å².